The SMILES string of the molecule is Cc1ccc(Sc2ncccc2C(=O)NCCCN(C)Cc2ccccc2)cc1C. The third kappa shape index (κ3) is 6.44. The quantitative estimate of drug-likeness (QED) is 0.490. The molecule has 3 rings (SSSR count). The molecule has 30 heavy (non-hydrogen) atoms. The number of hydrogen-bond donors (Lipinski definition) is 1. The molecule has 4 nitrogen and oxygen atoms in total. The zero-order chi connectivity index (χ0) is 21.3. The summed E-state index contributed by atoms with van der Waals surface area (Å²) in [6.07, 6.45) is 2.63. The van der Waals surface area contributed by atoms with Gasteiger partial charge in [-0.25, -0.2) is 4.98 Å². The monoisotopic (exact) mass is 419 g/mol. The number of rotatable bonds is 9. The Morgan fingerprint density at radius 3 is 2.60 bits per heavy atom. The molecular formula is C25H29N3OS. The largest absolute Gasteiger partial charge is 0.352 e. The van der Waals surface area contributed by atoms with Crippen molar-refractivity contribution in [2.24, 2.45) is 0 Å². The van der Waals surface area contributed by atoms with E-state index in [0.717, 1.165) is 29.4 Å². The zero-order valence-corrected chi connectivity index (χ0v) is 18.7. The minimum absolute atomic E-state index is 0.0693. The molecule has 1 heterocycles. The Balaban J connectivity index is 1.51. The number of nitrogens with one attached hydrogen (secondary N) is 1. The molecule has 0 aliphatic heterocycles. The van der Waals surface area contributed by atoms with Gasteiger partial charge in [-0.05, 0) is 74.8 Å². The first kappa shape index (κ1) is 22.1. The number of aromatic nitrogens is 1. The average Bonchev–Trinajstić information content (AvgIpc) is 2.75. The van der Waals surface area contributed by atoms with E-state index in [0.29, 0.717) is 12.1 Å². The molecule has 0 unspecified atom stereocenters. The summed E-state index contributed by atoms with van der Waals surface area (Å²) in [6.45, 7) is 6.67. The van der Waals surface area contributed by atoms with Gasteiger partial charge in [-0.3, -0.25) is 4.79 Å². The van der Waals surface area contributed by atoms with E-state index in [1.165, 1.54) is 28.5 Å². The second kappa shape index (κ2) is 11.0. The van der Waals surface area contributed by atoms with E-state index in [9.17, 15) is 4.79 Å². The van der Waals surface area contributed by atoms with Crippen LogP contribution in [0, 0.1) is 13.8 Å². The Bertz CT molecular complexity index is 975. The number of carbonyl (C=O) groups is 1. The molecule has 2 aromatic carbocycles. The van der Waals surface area contributed by atoms with Crippen LogP contribution in [0.5, 0.6) is 0 Å². The van der Waals surface area contributed by atoms with Gasteiger partial charge in [0.25, 0.3) is 5.91 Å². The lowest BCUT2D eigenvalue weighted by molar-refractivity contribution is 0.0948. The molecule has 0 saturated carbocycles. The third-order valence-corrected chi connectivity index (χ3v) is 6.01. The maximum absolute atomic E-state index is 12.7. The number of hydrogen-bond acceptors (Lipinski definition) is 4. The van der Waals surface area contributed by atoms with Crippen molar-refractivity contribution in [2.75, 3.05) is 20.1 Å². The topological polar surface area (TPSA) is 45.2 Å². The van der Waals surface area contributed by atoms with Crippen molar-refractivity contribution in [3.05, 3.63) is 89.1 Å². The summed E-state index contributed by atoms with van der Waals surface area (Å²) in [6, 6.07) is 20.4. The molecule has 1 N–H and O–H groups in total. The van der Waals surface area contributed by atoms with E-state index < -0.39 is 0 Å². The summed E-state index contributed by atoms with van der Waals surface area (Å²) in [7, 11) is 2.11. The van der Waals surface area contributed by atoms with Crippen molar-refractivity contribution in [1.82, 2.24) is 15.2 Å². The van der Waals surface area contributed by atoms with Crippen LogP contribution in [0.15, 0.2) is 76.8 Å². The smallest absolute Gasteiger partial charge is 0.254 e. The normalized spacial score (nSPS) is 10.9. The summed E-state index contributed by atoms with van der Waals surface area (Å²) in [4.78, 5) is 20.5. The van der Waals surface area contributed by atoms with Crippen LogP contribution in [0.1, 0.15) is 33.5 Å². The van der Waals surface area contributed by atoms with Gasteiger partial charge in [0.05, 0.1) is 5.56 Å². The molecule has 1 amide bonds. The summed E-state index contributed by atoms with van der Waals surface area (Å²) < 4.78 is 0. The Labute approximate surface area is 183 Å². The molecule has 0 radical (unpaired) electrons. The van der Waals surface area contributed by atoms with Crippen LogP contribution in [0.25, 0.3) is 0 Å². The Hall–Kier alpha value is -2.63. The van der Waals surface area contributed by atoms with Crippen molar-refractivity contribution in [2.45, 2.75) is 36.7 Å². The molecule has 0 atom stereocenters. The van der Waals surface area contributed by atoms with Crippen molar-refractivity contribution in [3.63, 3.8) is 0 Å². The first-order chi connectivity index (χ1) is 14.5. The highest BCUT2D eigenvalue weighted by Crippen LogP contribution is 2.29. The second-order valence-corrected chi connectivity index (χ2v) is 8.60. The van der Waals surface area contributed by atoms with Gasteiger partial charge >= 0.3 is 0 Å². The van der Waals surface area contributed by atoms with Crippen LogP contribution in [0.3, 0.4) is 0 Å². The average molecular weight is 420 g/mol. The van der Waals surface area contributed by atoms with Crippen molar-refractivity contribution < 1.29 is 4.79 Å². The fourth-order valence-corrected chi connectivity index (χ4v) is 4.13. The van der Waals surface area contributed by atoms with E-state index in [1.54, 1.807) is 6.20 Å². The van der Waals surface area contributed by atoms with E-state index in [-0.39, 0.29) is 5.91 Å². The van der Waals surface area contributed by atoms with Gasteiger partial charge in [-0.15, -0.1) is 0 Å². The molecule has 0 bridgehead atoms. The molecule has 1 aromatic heterocycles. The van der Waals surface area contributed by atoms with Gasteiger partial charge in [-0.2, -0.15) is 0 Å². The fraction of sp³-hybridized carbons (Fsp3) is 0.280. The predicted octanol–water partition coefficient (Wildman–Crippen LogP) is 5.10. The highest BCUT2D eigenvalue weighted by Gasteiger charge is 2.13. The van der Waals surface area contributed by atoms with Crippen LogP contribution in [-0.4, -0.2) is 35.9 Å². The summed E-state index contributed by atoms with van der Waals surface area (Å²) in [5, 5.41) is 3.78. The standard InChI is InChI=1S/C25H29N3OS/c1-19-12-13-22(17-20(19)2)30-25-23(11-7-14-27-25)24(29)26-15-8-16-28(3)18-21-9-5-4-6-10-21/h4-7,9-14,17H,8,15-16,18H2,1-3H3,(H,26,29). The number of amides is 1. The van der Waals surface area contributed by atoms with E-state index >= 15 is 0 Å². The van der Waals surface area contributed by atoms with Crippen LogP contribution in [-0.2, 0) is 6.54 Å². The lowest BCUT2D eigenvalue weighted by Gasteiger charge is -2.17. The van der Waals surface area contributed by atoms with Crippen LogP contribution >= 0.6 is 11.8 Å². The highest BCUT2D eigenvalue weighted by atomic mass is 32.2. The summed E-state index contributed by atoms with van der Waals surface area (Å²) in [5.41, 5.74) is 4.42. The van der Waals surface area contributed by atoms with Crippen LogP contribution in [0.4, 0.5) is 0 Å². The molecule has 0 aliphatic rings. The van der Waals surface area contributed by atoms with E-state index in [4.69, 9.17) is 0 Å². The molecule has 5 heteroatoms. The molecule has 0 fully saturated rings. The summed E-state index contributed by atoms with van der Waals surface area (Å²) in [5.74, 6) is -0.0693. The van der Waals surface area contributed by atoms with E-state index in [2.05, 4.69) is 78.6 Å². The number of benzene rings is 2. The van der Waals surface area contributed by atoms with Gasteiger partial charge in [-0.1, -0.05) is 48.2 Å². The minimum atomic E-state index is -0.0693. The second-order valence-electron chi connectivity index (χ2n) is 7.54. The van der Waals surface area contributed by atoms with Crippen molar-refractivity contribution in [3.8, 4) is 0 Å². The fourth-order valence-electron chi connectivity index (χ4n) is 3.15. The molecule has 0 saturated heterocycles. The highest BCUT2D eigenvalue weighted by molar-refractivity contribution is 7.99. The summed E-state index contributed by atoms with van der Waals surface area (Å²) >= 11 is 1.53. The van der Waals surface area contributed by atoms with Gasteiger partial charge in [0.1, 0.15) is 5.03 Å². The first-order valence-electron chi connectivity index (χ1n) is 10.2. The van der Waals surface area contributed by atoms with Crippen LogP contribution < -0.4 is 5.32 Å². The van der Waals surface area contributed by atoms with Crippen LogP contribution in [0.2, 0.25) is 0 Å². The molecular weight excluding hydrogens is 390 g/mol. The van der Waals surface area contributed by atoms with Crippen molar-refractivity contribution in [1.29, 1.82) is 0 Å². The predicted molar refractivity (Wildman–Crippen MR) is 124 cm³/mol. The Morgan fingerprint density at radius 2 is 1.83 bits per heavy atom. The molecule has 3 aromatic rings. The minimum Gasteiger partial charge on any atom is -0.352 e. The van der Waals surface area contributed by atoms with Gasteiger partial charge < -0.3 is 10.2 Å². The van der Waals surface area contributed by atoms with E-state index in [1.807, 2.05) is 18.2 Å². The first-order valence-corrected chi connectivity index (χ1v) is 11.1. The maximum Gasteiger partial charge on any atom is 0.254 e. The van der Waals surface area contributed by atoms with Gasteiger partial charge in [0.15, 0.2) is 0 Å². The molecule has 0 spiro atoms. The lowest BCUT2D eigenvalue weighted by Crippen LogP contribution is -2.28. The van der Waals surface area contributed by atoms with Gasteiger partial charge in [0.2, 0.25) is 0 Å². The lowest BCUT2D eigenvalue weighted by atomic mass is 10.1. The Kier molecular flexibility index (Phi) is 8.05. The molecule has 0 aliphatic carbocycles. The van der Waals surface area contributed by atoms with Gasteiger partial charge in [0, 0.05) is 24.2 Å². The third-order valence-electron chi connectivity index (χ3n) is 5.01. The number of carbonyl (C=O) groups excluding carboxylic acids is 1. The Morgan fingerprint density at radius 1 is 1.03 bits per heavy atom. The number of aryl methyl sites for hydroxylation is 2. The number of pyridine rings is 1. The van der Waals surface area contributed by atoms with Crippen molar-refractivity contribution >= 4 is 17.7 Å². The maximum atomic E-state index is 12.7. The molecule has 156 valence electrons. The zero-order valence-electron chi connectivity index (χ0n) is 17.9. The number of nitrogens with zero attached hydrogens (tertiary/aromatic N) is 2.